The second kappa shape index (κ2) is 11.6. The average molecular weight is 281 g/mol. The molecule has 0 radical (unpaired) electrons. The number of nitrogens with one attached hydrogen (secondary N) is 1. The van der Waals surface area contributed by atoms with Crippen LogP contribution in [0.1, 0.15) is 26.7 Å². The van der Waals surface area contributed by atoms with Crippen molar-refractivity contribution in [3.05, 3.63) is 24.3 Å². The Hall–Kier alpha value is -1.26. The molecule has 0 aliphatic rings. The van der Waals surface area contributed by atoms with Crippen molar-refractivity contribution in [2.24, 2.45) is 0 Å². The van der Waals surface area contributed by atoms with Gasteiger partial charge >= 0.3 is 0 Å². The summed E-state index contributed by atoms with van der Waals surface area (Å²) in [7, 11) is 0. The maximum absolute atomic E-state index is 5.63. The molecule has 0 bridgehead atoms. The van der Waals surface area contributed by atoms with Crippen LogP contribution in [0.15, 0.2) is 24.3 Å². The van der Waals surface area contributed by atoms with Crippen molar-refractivity contribution in [2.75, 3.05) is 39.5 Å². The zero-order valence-electron chi connectivity index (χ0n) is 12.7. The van der Waals surface area contributed by atoms with Crippen molar-refractivity contribution in [3.8, 4) is 11.5 Å². The van der Waals surface area contributed by atoms with Gasteiger partial charge in [-0.2, -0.15) is 0 Å². The third-order valence-corrected chi connectivity index (χ3v) is 2.75. The van der Waals surface area contributed by atoms with Crippen LogP contribution in [0.3, 0.4) is 0 Å². The van der Waals surface area contributed by atoms with Crippen LogP contribution in [0.4, 0.5) is 0 Å². The van der Waals surface area contributed by atoms with Crippen LogP contribution in [0, 0.1) is 0 Å². The van der Waals surface area contributed by atoms with E-state index in [9.17, 15) is 0 Å². The fraction of sp³-hybridized carbons (Fsp3) is 0.625. The van der Waals surface area contributed by atoms with Crippen LogP contribution in [-0.2, 0) is 4.74 Å². The highest BCUT2D eigenvalue weighted by Crippen LogP contribution is 2.17. The van der Waals surface area contributed by atoms with Crippen molar-refractivity contribution in [1.82, 2.24) is 5.32 Å². The minimum Gasteiger partial charge on any atom is -0.494 e. The number of rotatable bonds is 12. The van der Waals surface area contributed by atoms with Crippen LogP contribution in [-0.4, -0.2) is 39.5 Å². The molecule has 0 aromatic heterocycles. The van der Waals surface area contributed by atoms with Crippen LogP contribution < -0.4 is 14.8 Å². The Morgan fingerprint density at radius 3 is 2.15 bits per heavy atom. The molecule has 0 atom stereocenters. The Labute approximate surface area is 122 Å². The normalized spacial score (nSPS) is 10.5. The molecule has 0 aliphatic carbocycles. The van der Waals surface area contributed by atoms with Gasteiger partial charge in [0.2, 0.25) is 0 Å². The predicted molar refractivity (Wildman–Crippen MR) is 81.7 cm³/mol. The van der Waals surface area contributed by atoms with Gasteiger partial charge in [-0.05, 0) is 37.6 Å². The minimum atomic E-state index is 0.656. The Morgan fingerprint density at radius 1 is 0.850 bits per heavy atom. The van der Waals surface area contributed by atoms with Crippen molar-refractivity contribution < 1.29 is 14.2 Å². The van der Waals surface area contributed by atoms with Gasteiger partial charge in [0.15, 0.2) is 0 Å². The van der Waals surface area contributed by atoms with E-state index in [1.165, 1.54) is 6.42 Å². The lowest BCUT2D eigenvalue weighted by atomic mass is 10.3. The zero-order chi connectivity index (χ0) is 14.5. The molecule has 0 saturated heterocycles. The minimum absolute atomic E-state index is 0.656. The number of hydrogen-bond donors (Lipinski definition) is 1. The lowest BCUT2D eigenvalue weighted by molar-refractivity contribution is 0.132. The van der Waals surface area contributed by atoms with Crippen LogP contribution in [0.25, 0.3) is 0 Å². The Morgan fingerprint density at radius 2 is 1.50 bits per heavy atom. The molecule has 0 spiro atoms. The van der Waals surface area contributed by atoms with Crippen molar-refractivity contribution in [3.63, 3.8) is 0 Å². The smallest absolute Gasteiger partial charge is 0.119 e. The van der Waals surface area contributed by atoms with E-state index in [1.807, 2.05) is 31.2 Å². The molecule has 1 rings (SSSR count). The lowest BCUT2D eigenvalue weighted by Gasteiger charge is -2.09. The Bertz CT molecular complexity index is 327. The van der Waals surface area contributed by atoms with Crippen LogP contribution in [0.2, 0.25) is 0 Å². The Kier molecular flexibility index (Phi) is 9.70. The number of hydrogen-bond acceptors (Lipinski definition) is 4. The van der Waals surface area contributed by atoms with E-state index < -0.39 is 0 Å². The maximum Gasteiger partial charge on any atom is 0.119 e. The third-order valence-electron chi connectivity index (χ3n) is 2.75. The molecule has 1 N–H and O–H groups in total. The summed E-state index contributed by atoms with van der Waals surface area (Å²) in [6.45, 7) is 8.81. The standard InChI is InChI=1S/C16H27NO3/c1-3-5-12-18-13-10-17-11-14-20-16-8-6-15(7-9-16)19-4-2/h6-9,17H,3-5,10-14H2,1-2H3. The van der Waals surface area contributed by atoms with E-state index in [1.54, 1.807) is 0 Å². The third kappa shape index (κ3) is 8.02. The van der Waals surface area contributed by atoms with Gasteiger partial charge in [0.25, 0.3) is 0 Å². The summed E-state index contributed by atoms with van der Waals surface area (Å²) in [4.78, 5) is 0. The number of ether oxygens (including phenoxy) is 3. The first-order chi connectivity index (χ1) is 9.86. The van der Waals surface area contributed by atoms with Gasteiger partial charge in [-0.3, -0.25) is 0 Å². The summed E-state index contributed by atoms with van der Waals surface area (Å²) in [6, 6.07) is 7.71. The topological polar surface area (TPSA) is 39.7 Å². The van der Waals surface area contributed by atoms with Gasteiger partial charge in [0.1, 0.15) is 18.1 Å². The second-order valence-corrected chi connectivity index (χ2v) is 4.47. The first kappa shape index (κ1) is 16.8. The monoisotopic (exact) mass is 281 g/mol. The molecular weight excluding hydrogens is 254 g/mol. The molecule has 114 valence electrons. The summed E-state index contributed by atoms with van der Waals surface area (Å²) < 4.78 is 16.5. The van der Waals surface area contributed by atoms with E-state index in [-0.39, 0.29) is 0 Å². The van der Waals surface area contributed by atoms with E-state index in [0.29, 0.717) is 13.2 Å². The van der Waals surface area contributed by atoms with Crippen LogP contribution >= 0.6 is 0 Å². The predicted octanol–water partition coefficient (Wildman–Crippen LogP) is 2.87. The van der Waals surface area contributed by atoms with E-state index in [0.717, 1.165) is 44.2 Å². The molecule has 1 aromatic carbocycles. The molecule has 0 saturated carbocycles. The molecule has 1 aromatic rings. The summed E-state index contributed by atoms with van der Waals surface area (Å²) >= 11 is 0. The first-order valence-corrected chi connectivity index (χ1v) is 7.51. The number of unbranched alkanes of at least 4 members (excludes halogenated alkanes) is 1. The SMILES string of the molecule is CCCCOCCNCCOc1ccc(OCC)cc1. The van der Waals surface area contributed by atoms with Crippen LogP contribution in [0.5, 0.6) is 11.5 Å². The van der Waals surface area contributed by atoms with Gasteiger partial charge in [-0.25, -0.2) is 0 Å². The van der Waals surface area contributed by atoms with Gasteiger partial charge in [0, 0.05) is 19.7 Å². The summed E-state index contributed by atoms with van der Waals surface area (Å²) in [5.74, 6) is 1.75. The van der Waals surface area contributed by atoms with Gasteiger partial charge in [0.05, 0.1) is 13.2 Å². The molecule has 0 heterocycles. The number of benzene rings is 1. The Balaban J connectivity index is 1.98. The zero-order valence-corrected chi connectivity index (χ0v) is 12.7. The molecule has 20 heavy (non-hydrogen) atoms. The molecule has 0 unspecified atom stereocenters. The molecule has 4 heteroatoms. The lowest BCUT2D eigenvalue weighted by Crippen LogP contribution is -2.25. The van der Waals surface area contributed by atoms with E-state index in [2.05, 4.69) is 12.2 Å². The highest BCUT2D eigenvalue weighted by molar-refractivity contribution is 5.31. The summed E-state index contributed by atoms with van der Waals surface area (Å²) in [5.41, 5.74) is 0. The second-order valence-electron chi connectivity index (χ2n) is 4.47. The van der Waals surface area contributed by atoms with Gasteiger partial charge in [-0.1, -0.05) is 13.3 Å². The molecular formula is C16H27NO3. The van der Waals surface area contributed by atoms with E-state index >= 15 is 0 Å². The fourth-order valence-corrected chi connectivity index (χ4v) is 1.66. The molecule has 0 aliphatic heterocycles. The van der Waals surface area contributed by atoms with Crippen molar-refractivity contribution in [1.29, 1.82) is 0 Å². The summed E-state index contributed by atoms with van der Waals surface area (Å²) in [6.07, 6.45) is 2.32. The first-order valence-electron chi connectivity index (χ1n) is 7.51. The highest BCUT2D eigenvalue weighted by atomic mass is 16.5. The maximum atomic E-state index is 5.63. The van der Waals surface area contributed by atoms with Crippen molar-refractivity contribution in [2.45, 2.75) is 26.7 Å². The highest BCUT2D eigenvalue weighted by Gasteiger charge is 1.95. The fourth-order valence-electron chi connectivity index (χ4n) is 1.66. The molecule has 0 fully saturated rings. The molecule has 4 nitrogen and oxygen atoms in total. The summed E-state index contributed by atoms with van der Waals surface area (Å²) in [5, 5.41) is 3.29. The van der Waals surface area contributed by atoms with Crippen molar-refractivity contribution >= 4 is 0 Å². The quantitative estimate of drug-likeness (QED) is 0.598. The average Bonchev–Trinajstić information content (AvgIpc) is 2.47. The van der Waals surface area contributed by atoms with Gasteiger partial charge in [-0.15, -0.1) is 0 Å². The van der Waals surface area contributed by atoms with Gasteiger partial charge < -0.3 is 19.5 Å². The molecule has 0 amide bonds. The van der Waals surface area contributed by atoms with E-state index in [4.69, 9.17) is 14.2 Å². The largest absolute Gasteiger partial charge is 0.494 e.